The van der Waals surface area contributed by atoms with Gasteiger partial charge in [0.1, 0.15) is 17.3 Å². The maximum absolute atomic E-state index is 12.8. The first-order valence-electron chi connectivity index (χ1n) is 15.4. The molecule has 1 N–H and O–H groups in total. The number of ether oxygens (including phenoxy) is 1. The first-order chi connectivity index (χ1) is 20.5. The van der Waals surface area contributed by atoms with Crippen LogP contribution in [0, 0.1) is 5.92 Å². The predicted octanol–water partition coefficient (Wildman–Crippen LogP) is 8.47. The third kappa shape index (κ3) is 7.76. The average molecular weight is 602 g/mol. The lowest BCUT2D eigenvalue weighted by Gasteiger charge is -2.34. The lowest BCUT2D eigenvalue weighted by atomic mass is 9.87. The van der Waals surface area contributed by atoms with Crippen molar-refractivity contribution >= 4 is 40.1 Å². The molecule has 0 spiro atoms. The minimum atomic E-state index is -0.0708. The third-order valence-corrected chi connectivity index (χ3v) is 8.83. The van der Waals surface area contributed by atoms with Gasteiger partial charge in [0.15, 0.2) is 0 Å². The van der Waals surface area contributed by atoms with E-state index in [2.05, 4.69) is 55.9 Å². The lowest BCUT2D eigenvalue weighted by molar-refractivity contribution is -0.118. The smallest absolute Gasteiger partial charge is 0.208 e. The number of fused-ring (bicyclic) bond motifs is 1. The summed E-state index contributed by atoms with van der Waals surface area (Å²) in [4.78, 5) is 24.6. The minimum absolute atomic E-state index is 0.0708. The maximum atomic E-state index is 12.8. The number of piperidine rings is 1. The van der Waals surface area contributed by atoms with Gasteiger partial charge in [-0.25, -0.2) is 4.98 Å². The minimum Gasteiger partial charge on any atom is -0.457 e. The van der Waals surface area contributed by atoms with E-state index in [0.29, 0.717) is 36.3 Å². The van der Waals surface area contributed by atoms with Gasteiger partial charge < -0.3 is 19.5 Å². The molecule has 0 amide bonds. The van der Waals surface area contributed by atoms with Crippen LogP contribution in [0.4, 0.5) is 11.6 Å². The van der Waals surface area contributed by atoms with Crippen molar-refractivity contribution in [1.29, 1.82) is 0 Å². The van der Waals surface area contributed by atoms with Gasteiger partial charge >= 0.3 is 0 Å². The summed E-state index contributed by atoms with van der Waals surface area (Å²) in [5, 5.41) is 4.20. The highest BCUT2D eigenvalue weighted by atomic mass is 35.5. The number of aryl methyl sites for hydroxylation is 1. The molecule has 2 aromatic heterocycles. The van der Waals surface area contributed by atoms with Crippen LogP contribution in [0.5, 0.6) is 11.5 Å². The summed E-state index contributed by atoms with van der Waals surface area (Å²) in [5.41, 5.74) is 4.47. The summed E-state index contributed by atoms with van der Waals surface area (Å²) in [6, 6.07) is 16.1. The van der Waals surface area contributed by atoms with E-state index in [4.69, 9.17) is 21.3 Å². The zero-order valence-electron chi connectivity index (χ0n) is 26.3. The molecule has 7 nitrogen and oxygen atoms in total. The Morgan fingerprint density at radius 3 is 2.53 bits per heavy atom. The number of hydrogen-bond donors (Lipinski definition) is 1. The number of hydrogen-bond acceptors (Lipinski definition) is 6. The normalized spacial score (nSPS) is 14.9. The molecule has 0 bridgehead atoms. The highest BCUT2D eigenvalue weighted by molar-refractivity contribution is 6.31. The van der Waals surface area contributed by atoms with Gasteiger partial charge in [-0.2, -0.15) is 0 Å². The summed E-state index contributed by atoms with van der Waals surface area (Å²) >= 11 is 6.47. The second-order valence-corrected chi connectivity index (χ2v) is 13.5. The van der Waals surface area contributed by atoms with E-state index >= 15 is 0 Å². The van der Waals surface area contributed by atoms with E-state index in [1.54, 1.807) is 6.20 Å². The maximum Gasteiger partial charge on any atom is 0.208 e. The van der Waals surface area contributed by atoms with Crippen LogP contribution in [0.3, 0.4) is 0 Å². The number of carbonyl (C=O) groups excluding carboxylic acids is 1. The molecule has 0 saturated carbocycles. The summed E-state index contributed by atoms with van der Waals surface area (Å²) < 4.78 is 8.21. The van der Waals surface area contributed by atoms with Crippen molar-refractivity contribution in [3.63, 3.8) is 0 Å². The Labute approximate surface area is 260 Å². The van der Waals surface area contributed by atoms with Crippen molar-refractivity contribution in [2.75, 3.05) is 18.4 Å². The number of pyridine rings is 1. The Bertz CT molecular complexity index is 1580. The van der Waals surface area contributed by atoms with Gasteiger partial charge in [-0.3, -0.25) is 9.78 Å². The van der Waals surface area contributed by atoms with Gasteiger partial charge in [-0.15, -0.1) is 0 Å². The second kappa shape index (κ2) is 13.1. The van der Waals surface area contributed by atoms with Crippen molar-refractivity contribution in [3.05, 3.63) is 71.0 Å². The number of nitrogens with zero attached hydrogens (tertiary/aromatic N) is 4. The van der Waals surface area contributed by atoms with E-state index in [9.17, 15) is 4.79 Å². The van der Waals surface area contributed by atoms with Gasteiger partial charge in [0.05, 0.1) is 16.7 Å². The monoisotopic (exact) mass is 601 g/mol. The van der Waals surface area contributed by atoms with Crippen LogP contribution >= 0.6 is 11.6 Å². The molecule has 1 fully saturated rings. The number of carbonyl (C=O) groups is 1. The number of benzene rings is 2. The molecular formula is C35H44ClN5O2. The molecule has 8 heteroatoms. The predicted molar refractivity (Wildman–Crippen MR) is 176 cm³/mol. The molecule has 3 heterocycles. The summed E-state index contributed by atoms with van der Waals surface area (Å²) in [5.74, 6) is 2.94. The Morgan fingerprint density at radius 1 is 1.07 bits per heavy atom. The van der Waals surface area contributed by atoms with E-state index in [1.165, 1.54) is 12.8 Å². The molecule has 0 aliphatic carbocycles. The molecule has 228 valence electrons. The van der Waals surface area contributed by atoms with Gasteiger partial charge in [-0.1, -0.05) is 32.4 Å². The second-order valence-electron chi connectivity index (χ2n) is 13.1. The molecule has 1 aliphatic rings. The first kappa shape index (κ1) is 31.0. The first-order valence-corrected chi connectivity index (χ1v) is 15.8. The van der Waals surface area contributed by atoms with Crippen molar-refractivity contribution < 1.29 is 9.53 Å². The summed E-state index contributed by atoms with van der Waals surface area (Å²) in [7, 11) is 1.99. The van der Waals surface area contributed by atoms with Crippen molar-refractivity contribution in [3.8, 4) is 11.5 Å². The van der Waals surface area contributed by atoms with Gasteiger partial charge in [-0.05, 0) is 99.5 Å². The fourth-order valence-electron chi connectivity index (χ4n) is 5.83. The van der Waals surface area contributed by atoms with Crippen LogP contribution in [0.15, 0.2) is 54.7 Å². The van der Waals surface area contributed by atoms with Crippen molar-refractivity contribution in [2.24, 2.45) is 13.0 Å². The largest absolute Gasteiger partial charge is 0.457 e. The topological polar surface area (TPSA) is 72.3 Å². The number of halogens is 1. The molecule has 0 unspecified atom stereocenters. The standard InChI is InChI=1S/C35H44ClN5O2/c1-23(2)41-17-14-24(15-18-41)7-9-27(42)19-26-20-29(13-16-37-26)43-28-10-12-33-32(22-28)39-34(40(33)6)38-25-8-11-31(36)30(21-25)35(3,4)5/h8,10-13,16,20-24H,7,9,14-15,17-19H2,1-6H3,(H,38,39). The molecular weight excluding hydrogens is 558 g/mol. The summed E-state index contributed by atoms with van der Waals surface area (Å²) in [6.07, 6.45) is 5.99. The van der Waals surface area contributed by atoms with Crippen molar-refractivity contribution in [1.82, 2.24) is 19.4 Å². The van der Waals surface area contributed by atoms with Crippen LogP contribution in [0.2, 0.25) is 5.02 Å². The molecule has 1 saturated heterocycles. The van der Waals surface area contributed by atoms with Gasteiger partial charge in [0.2, 0.25) is 5.95 Å². The molecule has 0 atom stereocenters. The number of Topliss-reactive ketones (excluding diaryl/α,β-unsaturated/α-hetero) is 1. The highest BCUT2D eigenvalue weighted by Gasteiger charge is 2.22. The lowest BCUT2D eigenvalue weighted by Crippen LogP contribution is -2.38. The molecule has 4 aromatic rings. The van der Waals surface area contributed by atoms with Crippen LogP contribution in [0.1, 0.15) is 71.6 Å². The van der Waals surface area contributed by atoms with Gasteiger partial charge in [0, 0.05) is 55.0 Å². The molecule has 43 heavy (non-hydrogen) atoms. The summed E-state index contributed by atoms with van der Waals surface area (Å²) in [6.45, 7) is 13.2. The third-order valence-electron chi connectivity index (χ3n) is 8.50. The average Bonchev–Trinajstić information content (AvgIpc) is 3.26. The number of likely N-dealkylation sites (tertiary alicyclic amines) is 1. The quantitative estimate of drug-likeness (QED) is 0.196. The number of rotatable bonds is 10. The SMILES string of the molecule is CC(C)N1CCC(CCC(=O)Cc2cc(Oc3ccc4c(c3)nc(Nc3ccc(Cl)c(C(C)(C)C)c3)n4C)ccn2)CC1. The van der Waals surface area contributed by atoms with E-state index in [0.717, 1.165) is 58.5 Å². The zero-order chi connectivity index (χ0) is 30.7. The van der Waals surface area contributed by atoms with Crippen LogP contribution in [-0.2, 0) is 23.7 Å². The Hall–Kier alpha value is -3.42. The van der Waals surface area contributed by atoms with E-state index in [1.807, 2.05) is 54.1 Å². The molecule has 5 rings (SSSR count). The van der Waals surface area contributed by atoms with Gasteiger partial charge in [0.25, 0.3) is 0 Å². The number of imidazole rings is 1. The van der Waals surface area contributed by atoms with Crippen LogP contribution < -0.4 is 10.1 Å². The van der Waals surface area contributed by atoms with E-state index < -0.39 is 0 Å². The fourth-order valence-corrected chi connectivity index (χ4v) is 6.23. The van der Waals surface area contributed by atoms with E-state index in [-0.39, 0.29) is 11.2 Å². The number of anilines is 2. The highest BCUT2D eigenvalue weighted by Crippen LogP contribution is 2.33. The Kier molecular flexibility index (Phi) is 9.42. The Balaban J connectivity index is 1.21. The molecule has 1 aliphatic heterocycles. The number of nitrogens with one attached hydrogen (secondary N) is 1. The van der Waals surface area contributed by atoms with Crippen LogP contribution in [0.25, 0.3) is 11.0 Å². The zero-order valence-corrected chi connectivity index (χ0v) is 27.0. The molecule has 2 aromatic carbocycles. The number of aromatic nitrogens is 3. The van der Waals surface area contributed by atoms with Crippen molar-refractivity contribution in [2.45, 2.75) is 78.2 Å². The Morgan fingerprint density at radius 2 is 1.81 bits per heavy atom. The molecule has 0 radical (unpaired) electrons. The fraction of sp³-hybridized carbons (Fsp3) is 0.457. The van der Waals surface area contributed by atoms with Crippen LogP contribution in [-0.4, -0.2) is 44.3 Å². The number of ketones is 1.